The Hall–Kier alpha value is -2.48. The number of amides is 1. The van der Waals surface area contributed by atoms with Crippen molar-refractivity contribution in [2.24, 2.45) is 0 Å². The zero-order valence-electron chi connectivity index (χ0n) is 19.1. The van der Waals surface area contributed by atoms with E-state index in [0.717, 1.165) is 60.4 Å². The minimum absolute atomic E-state index is 0.0254. The summed E-state index contributed by atoms with van der Waals surface area (Å²) in [7, 11) is 0. The summed E-state index contributed by atoms with van der Waals surface area (Å²) >= 11 is 1.58. The van der Waals surface area contributed by atoms with Gasteiger partial charge in [0.25, 0.3) is 5.91 Å². The van der Waals surface area contributed by atoms with Crippen LogP contribution in [-0.4, -0.2) is 61.8 Å². The fraction of sp³-hybridized carbons (Fsp3) is 0.440. The fourth-order valence-corrected chi connectivity index (χ4v) is 4.93. The van der Waals surface area contributed by atoms with E-state index in [2.05, 4.69) is 30.9 Å². The number of hydrogen-bond acceptors (Lipinski definition) is 6. The number of fused-ring (bicyclic) bond motifs is 1. The number of aryl methyl sites for hydroxylation is 2. The second-order valence-electron chi connectivity index (χ2n) is 8.12. The summed E-state index contributed by atoms with van der Waals surface area (Å²) in [6.07, 6.45) is 0.886. The van der Waals surface area contributed by atoms with E-state index in [4.69, 9.17) is 14.5 Å². The van der Waals surface area contributed by atoms with Crippen molar-refractivity contribution in [3.63, 3.8) is 0 Å². The van der Waals surface area contributed by atoms with Gasteiger partial charge < -0.3 is 9.47 Å². The maximum atomic E-state index is 13.5. The van der Waals surface area contributed by atoms with Crippen LogP contribution in [0.15, 0.2) is 36.4 Å². The zero-order chi connectivity index (χ0) is 22.5. The van der Waals surface area contributed by atoms with Crippen molar-refractivity contribution < 1.29 is 14.3 Å². The summed E-state index contributed by atoms with van der Waals surface area (Å²) in [5.41, 5.74) is 4.05. The van der Waals surface area contributed by atoms with Crippen molar-refractivity contribution >= 4 is 32.6 Å². The molecule has 0 spiro atoms. The Bertz CT molecular complexity index is 1020. The highest BCUT2D eigenvalue weighted by Crippen LogP contribution is 2.32. The van der Waals surface area contributed by atoms with E-state index >= 15 is 0 Å². The average Bonchev–Trinajstić information content (AvgIpc) is 3.20. The van der Waals surface area contributed by atoms with Crippen molar-refractivity contribution in [1.82, 2.24) is 9.88 Å². The van der Waals surface area contributed by atoms with E-state index in [0.29, 0.717) is 18.7 Å². The number of ether oxygens (including phenoxy) is 2. The molecular formula is C25H31N3O3S. The summed E-state index contributed by atoms with van der Waals surface area (Å²) < 4.78 is 12.1. The van der Waals surface area contributed by atoms with Gasteiger partial charge in [-0.2, -0.15) is 0 Å². The smallest absolute Gasteiger partial charge is 0.260 e. The number of nitrogens with zero attached hydrogens (tertiary/aromatic N) is 3. The molecule has 1 saturated heterocycles. The molecular weight excluding hydrogens is 422 g/mol. The molecule has 1 aliphatic rings. The molecule has 1 aromatic heterocycles. The molecule has 2 aromatic carbocycles. The highest BCUT2D eigenvalue weighted by Gasteiger charge is 2.22. The molecule has 0 aliphatic carbocycles. The van der Waals surface area contributed by atoms with Crippen molar-refractivity contribution in [3.8, 4) is 5.75 Å². The first-order chi connectivity index (χ1) is 15.5. The monoisotopic (exact) mass is 453 g/mol. The number of morpholine rings is 1. The summed E-state index contributed by atoms with van der Waals surface area (Å²) in [4.78, 5) is 22.6. The third-order valence-corrected chi connectivity index (χ3v) is 6.88. The van der Waals surface area contributed by atoms with Crippen molar-refractivity contribution in [1.29, 1.82) is 0 Å². The first-order valence-electron chi connectivity index (χ1n) is 11.3. The largest absolute Gasteiger partial charge is 0.494 e. The van der Waals surface area contributed by atoms with Crippen LogP contribution in [-0.2, 0) is 4.74 Å². The van der Waals surface area contributed by atoms with E-state index in [1.54, 1.807) is 11.3 Å². The van der Waals surface area contributed by atoms with Crippen molar-refractivity contribution in [2.75, 3.05) is 50.9 Å². The lowest BCUT2D eigenvalue weighted by molar-refractivity contribution is 0.0376. The Balaban J connectivity index is 1.57. The first kappa shape index (κ1) is 22.7. The Kier molecular flexibility index (Phi) is 7.40. The van der Waals surface area contributed by atoms with Gasteiger partial charge in [-0.1, -0.05) is 11.3 Å². The van der Waals surface area contributed by atoms with E-state index in [9.17, 15) is 4.79 Å². The topological polar surface area (TPSA) is 54.9 Å². The lowest BCUT2D eigenvalue weighted by atomic mass is 10.1. The number of carbonyl (C=O) groups excluding carboxylic acids is 1. The number of carbonyl (C=O) groups is 1. The minimum Gasteiger partial charge on any atom is -0.494 e. The normalized spacial score (nSPS) is 14.6. The molecule has 0 bridgehead atoms. The van der Waals surface area contributed by atoms with E-state index in [1.807, 2.05) is 36.1 Å². The molecule has 6 nitrogen and oxygen atoms in total. The molecule has 0 unspecified atom stereocenters. The first-order valence-corrected chi connectivity index (χ1v) is 12.1. The van der Waals surface area contributed by atoms with Gasteiger partial charge in [0, 0.05) is 31.7 Å². The van der Waals surface area contributed by atoms with Gasteiger partial charge in [-0.3, -0.25) is 14.6 Å². The molecule has 0 radical (unpaired) electrons. The average molecular weight is 454 g/mol. The maximum Gasteiger partial charge on any atom is 0.260 e. The van der Waals surface area contributed by atoms with E-state index in [1.165, 1.54) is 11.1 Å². The predicted octanol–water partition coefficient (Wildman–Crippen LogP) is 4.68. The van der Waals surface area contributed by atoms with Crippen LogP contribution >= 0.6 is 11.3 Å². The molecule has 2 heterocycles. The molecule has 1 amide bonds. The quantitative estimate of drug-likeness (QED) is 0.496. The lowest BCUT2D eigenvalue weighted by Crippen LogP contribution is -2.39. The number of hydrogen-bond donors (Lipinski definition) is 0. The molecule has 7 heteroatoms. The highest BCUT2D eigenvalue weighted by atomic mass is 32.1. The number of rotatable bonds is 8. The number of thiazole rings is 1. The van der Waals surface area contributed by atoms with Crippen LogP contribution < -0.4 is 9.64 Å². The van der Waals surface area contributed by atoms with Gasteiger partial charge in [0.2, 0.25) is 0 Å². The second-order valence-corrected chi connectivity index (χ2v) is 9.13. The number of anilines is 1. The molecule has 1 aliphatic heterocycles. The third-order valence-electron chi connectivity index (χ3n) is 5.84. The van der Waals surface area contributed by atoms with E-state index < -0.39 is 0 Å². The Morgan fingerprint density at radius 2 is 1.88 bits per heavy atom. The Morgan fingerprint density at radius 1 is 1.16 bits per heavy atom. The van der Waals surface area contributed by atoms with Crippen LogP contribution in [0.1, 0.15) is 34.8 Å². The van der Waals surface area contributed by atoms with Crippen LogP contribution in [0.4, 0.5) is 5.13 Å². The molecule has 3 aromatic rings. The number of benzene rings is 2. The fourth-order valence-electron chi connectivity index (χ4n) is 3.86. The van der Waals surface area contributed by atoms with Crippen LogP contribution in [0, 0.1) is 13.8 Å². The standard InChI is InChI=1S/C25H31N3O3S/c1-4-31-21-8-6-20(7-9-21)24(29)28(11-5-10-27-12-14-30-15-13-27)25-26-22-16-18(2)19(3)17-23(22)32-25/h6-9,16-17H,4-5,10-15H2,1-3H3. The van der Waals surface area contributed by atoms with Gasteiger partial charge in [0.05, 0.1) is 30.0 Å². The highest BCUT2D eigenvalue weighted by molar-refractivity contribution is 7.22. The van der Waals surface area contributed by atoms with Gasteiger partial charge in [-0.25, -0.2) is 4.98 Å². The summed E-state index contributed by atoms with van der Waals surface area (Å²) in [5, 5.41) is 0.755. The van der Waals surface area contributed by atoms with Crippen LogP contribution in [0.5, 0.6) is 5.75 Å². The Morgan fingerprint density at radius 3 is 2.59 bits per heavy atom. The number of aromatic nitrogens is 1. The molecule has 0 atom stereocenters. The van der Waals surface area contributed by atoms with Gasteiger partial charge in [0.1, 0.15) is 5.75 Å². The summed E-state index contributed by atoms with van der Waals surface area (Å²) in [6, 6.07) is 11.7. The van der Waals surface area contributed by atoms with E-state index in [-0.39, 0.29) is 5.91 Å². The summed E-state index contributed by atoms with van der Waals surface area (Å²) in [6.45, 7) is 11.8. The molecule has 0 N–H and O–H groups in total. The Labute approximate surface area is 193 Å². The van der Waals surface area contributed by atoms with Crippen molar-refractivity contribution in [2.45, 2.75) is 27.2 Å². The second kappa shape index (κ2) is 10.4. The minimum atomic E-state index is -0.0254. The van der Waals surface area contributed by atoms with Gasteiger partial charge >= 0.3 is 0 Å². The maximum absolute atomic E-state index is 13.5. The van der Waals surface area contributed by atoms with Gasteiger partial charge in [-0.15, -0.1) is 0 Å². The molecule has 4 rings (SSSR count). The molecule has 1 fully saturated rings. The van der Waals surface area contributed by atoms with Gasteiger partial charge in [-0.05, 0) is 74.7 Å². The molecule has 170 valence electrons. The molecule has 0 saturated carbocycles. The van der Waals surface area contributed by atoms with Crippen LogP contribution in [0.3, 0.4) is 0 Å². The van der Waals surface area contributed by atoms with Gasteiger partial charge in [0.15, 0.2) is 5.13 Å². The SMILES string of the molecule is CCOc1ccc(C(=O)N(CCCN2CCOCC2)c2nc3cc(C)c(C)cc3s2)cc1. The van der Waals surface area contributed by atoms with Crippen molar-refractivity contribution in [3.05, 3.63) is 53.1 Å². The lowest BCUT2D eigenvalue weighted by Gasteiger charge is -2.27. The van der Waals surface area contributed by atoms with Crippen LogP contribution in [0.2, 0.25) is 0 Å². The van der Waals surface area contributed by atoms with Crippen LogP contribution in [0.25, 0.3) is 10.2 Å². The predicted molar refractivity (Wildman–Crippen MR) is 130 cm³/mol. The summed E-state index contributed by atoms with van der Waals surface area (Å²) in [5.74, 6) is 0.747. The molecule has 32 heavy (non-hydrogen) atoms. The third kappa shape index (κ3) is 5.28. The zero-order valence-corrected chi connectivity index (χ0v) is 19.9.